The fourth-order valence-corrected chi connectivity index (χ4v) is 3.20. The van der Waals surface area contributed by atoms with Crippen LogP contribution in [0.1, 0.15) is 0 Å². The summed E-state index contributed by atoms with van der Waals surface area (Å²) in [5.41, 5.74) is 2.83. The fraction of sp³-hybridized carbons (Fsp3) is 0.0909. The van der Waals surface area contributed by atoms with Gasteiger partial charge in [-0.05, 0) is 42.0 Å². The third-order valence-corrected chi connectivity index (χ3v) is 4.62. The number of alkyl halides is 3. The summed E-state index contributed by atoms with van der Waals surface area (Å²) in [5.74, 6) is -1.36. The molecule has 0 unspecified atom stereocenters. The number of nitrogens with zero attached hydrogens (tertiary/aromatic N) is 2. The molecule has 0 aliphatic rings. The molecule has 32 heavy (non-hydrogen) atoms. The Morgan fingerprint density at radius 3 is 2.56 bits per heavy atom. The van der Waals surface area contributed by atoms with Gasteiger partial charge >= 0.3 is 12.2 Å². The first-order valence-electron chi connectivity index (χ1n) is 9.34. The molecule has 0 aliphatic heterocycles. The summed E-state index contributed by atoms with van der Waals surface area (Å²) in [5, 5.41) is 4.09. The lowest BCUT2D eigenvalue weighted by molar-refractivity contribution is -0.122. The van der Waals surface area contributed by atoms with Crippen molar-refractivity contribution >= 4 is 17.4 Å². The van der Waals surface area contributed by atoms with Crippen molar-refractivity contribution in [2.24, 2.45) is 0 Å². The summed E-state index contributed by atoms with van der Waals surface area (Å²) in [6.07, 6.45) is -1.26. The van der Waals surface area contributed by atoms with E-state index in [0.717, 1.165) is 6.07 Å². The number of carbonyl (C=O) groups excluding carboxylic acids is 1. The van der Waals surface area contributed by atoms with Crippen LogP contribution in [0.5, 0.6) is 0 Å². The molecule has 0 spiro atoms. The fourth-order valence-electron chi connectivity index (χ4n) is 3.20. The molecule has 2 aromatic carbocycles. The minimum Gasteiger partial charge on any atom is -0.329 e. The van der Waals surface area contributed by atoms with E-state index in [1.165, 1.54) is 18.2 Å². The number of aromatic nitrogens is 2. The lowest BCUT2D eigenvalue weighted by atomic mass is 10.1. The van der Waals surface area contributed by atoms with Crippen molar-refractivity contribution in [2.45, 2.75) is 6.18 Å². The van der Waals surface area contributed by atoms with Crippen LogP contribution in [0.3, 0.4) is 0 Å². The summed E-state index contributed by atoms with van der Waals surface area (Å²) >= 11 is 0. The summed E-state index contributed by atoms with van der Waals surface area (Å²) in [4.78, 5) is 16.0. The van der Waals surface area contributed by atoms with E-state index < -0.39 is 30.4 Å². The van der Waals surface area contributed by atoms with Gasteiger partial charge in [-0.15, -0.1) is 0 Å². The van der Waals surface area contributed by atoms with Crippen LogP contribution in [0.25, 0.3) is 28.0 Å². The van der Waals surface area contributed by atoms with Gasteiger partial charge in [0.1, 0.15) is 23.8 Å². The number of imidazole rings is 1. The largest absolute Gasteiger partial charge is 0.405 e. The van der Waals surface area contributed by atoms with Crippen molar-refractivity contribution < 1.29 is 26.7 Å². The number of rotatable bonds is 4. The van der Waals surface area contributed by atoms with Crippen molar-refractivity contribution in [3.05, 3.63) is 78.6 Å². The highest BCUT2D eigenvalue weighted by molar-refractivity contribution is 5.90. The predicted octanol–water partition coefficient (Wildman–Crippen LogP) is 5.63. The molecule has 5 nitrogen and oxygen atoms in total. The van der Waals surface area contributed by atoms with E-state index in [2.05, 4.69) is 10.3 Å². The van der Waals surface area contributed by atoms with E-state index in [1.54, 1.807) is 52.4 Å². The van der Waals surface area contributed by atoms with Gasteiger partial charge in [0.25, 0.3) is 0 Å². The lowest BCUT2D eigenvalue weighted by Crippen LogP contribution is -2.36. The number of benzene rings is 2. The highest BCUT2D eigenvalue weighted by atomic mass is 19.4. The Morgan fingerprint density at radius 1 is 1.00 bits per heavy atom. The number of hydrogen-bond acceptors (Lipinski definition) is 2. The van der Waals surface area contributed by atoms with Crippen molar-refractivity contribution in [1.82, 2.24) is 14.7 Å². The van der Waals surface area contributed by atoms with Gasteiger partial charge in [0.05, 0.1) is 11.9 Å². The Morgan fingerprint density at radius 2 is 1.81 bits per heavy atom. The van der Waals surface area contributed by atoms with Crippen LogP contribution in [0.15, 0.2) is 67.0 Å². The third kappa shape index (κ3) is 4.69. The average molecular weight is 446 g/mol. The van der Waals surface area contributed by atoms with Crippen LogP contribution in [0.2, 0.25) is 0 Å². The Labute approximate surface area is 178 Å². The number of fused-ring (bicyclic) bond motifs is 1. The molecule has 0 atom stereocenters. The molecule has 0 saturated carbocycles. The van der Waals surface area contributed by atoms with Crippen LogP contribution in [-0.4, -0.2) is 28.1 Å². The summed E-state index contributed by atoms with van der Waals surface area (Å²) < 4.78 is 65.7. The van der Waals surface area contributed by atoms with Crippen LogP contribution >= 0.6 is 0 Å². The van der Waals surface area contributed by atoms with E-state index in [9.17, 15) is 26.7 Å². The van der Waals surface area contributed by atoms with Gasteiger partial charge in [0, 0.05) is 29.1 Å². The molecule has 0 aliphatic carbocycles. The molecule has 0 bridgehead atoms. The maximum absolute atomic E-state index is 14.1. The van der Waals surface area contributed by atoms with Gasteiger partial charge in [-0.25, -0.2) is 18.6 Å². The van der Waals surface area contributed by atoms with Gasteiger partial charge in [-0.2, -0.15) is 13.2 Å². The summed E-state index contributed by atoms with van der Waals surface area (Å²) in [7, 11) is 0. The quantitative estimate of drug-likeness (QED) is 0.399. The van der Waals surface area contributed by atoms with Crippen molar-refractivity contribution in [3.63, 3.8) is 0 Å². The van der Waals surface area contributed by atoms with Crippen molar-refractivity contribution in [1.29, 1.82) is 0 Å². The topological polar surface area (TPSA) is 58.4 Å². The monoisotopic (exact) mass is 446 g/mol. The number of nitrogens with one attached hydrogen (secondary N) is 2. The smallest absolute Gasteiger partial charge is 0.329 e. The van der Waals surface area contributed by atoms with Crippen LogP contribution in [0, 0.1) is 11.6 Å². The highest BCUT2D eigenvalue weighted by Gasteiger charge is 2.27. The zero-order valence-corrected chi connectivity index (χ0v) is 16.3. The first-order valence-corrected chi connectivity index (χ1v) is 9.34. The number of carbonyl (C=O) groups is 1. The second kappa shape index (κ2) is 8.29. The second-order valence-electron chi connectivity index (χ2n) is 6.91. The molecule has 10 heteroatoms. The number of anilines is 1. The van der Waals surface area contributed by atoms with Crippen molar-refractivity contribution in [3.8, 4) is 22.4 Å². The first-order chi connectivity index (χ1) is 15.2. The SMILES string of the molecule is O=C(NCC(F)(F)F)Nc1cccc(-c2cnc3cc(-c4ccc(F)cc4F)ccn23)c1. The Bertz CT molecular complexity index is 1300. The number of pyridine rings is 1. The number of halogens is 5. The van der Waals surface area contributed by atoms with E-state index >= 15 is 0 Å². The molecule has 2 heterocycles. The van der Waals surface area contributed by atoms with E-state index in [0.29, 0.717) is 28.2 Å². The van der Waals surface area contributed by atoms with Crippen LogP contribution < -0.4 is 10.6 Å². The van der Waals surface area contributed by atoms with E-state index in [1.807, 2.05) is 0 Å². The normalized spacial score (nSPS) is 11.5. The Balaban J connectivity index is 1.59. The minimum atomic E-state index is -4.51. The second-order valence-corrected chi connectivity index (χ2v) is 6.91. The third-order valence-electron chi connectivity index (χ3n) is 4.62. The molecule has 164 valence electrons. The van der Waals surface area contributed by atoms with E-state index in [4.69, 9.17) is 0 Å². The highest BCUT2D eigenvalue weighted by Crippen LogP contribution is 2.28. The molecule has 4 rings (SSSR count). The number of amides is 2. The molecule has 2 amide bonds. The standard InChI is InChI=1S/C22H15F5N4O/c23-15-4-5-17(18(24)10-15)13-6-7-31-19(11-28-20(31)9-13)14-2-1-3-16(8-14)30-21(32)29-12-22(25,26)27/h1-11H,12H2,(H2,29,30,32). The number of hydrogen-bond donors (Lipinski definition) is 2. The zero-order chi connectivity index (χ0) is 22.9. The van der Waals surface area contributed by atoms with Gasteiger partial charge in [-0.1, -0.05) is 12.1 Å². The molecule has 0 radical (unpaired) electrons. The minimum absolute atomic E-state index is 0.231. The van der Waals surface area contributed by atoms with Crippen LogP contribution in [0.4, 0.5) is 32.4 Å². The maximum Gasteiger partial charge on any atom is 0.405 e. The lowest BCUT2D eigenvalue weighted by Gasteiger charge is -2.11. The molecule has 2 aromatic heterocycles. The zero-order valence-electron chi connectivity index (χ0n) is 16.3. The first kappa shape index (κ1) is 21.3. The molecule has 0 fully saturated rings. The predicted molar refractivity (Wildman–Crippen MR) is 109 cm³/mol. The Kier molecular flexibility index (Phi) is 5.52. The summed E-state index contributed by atoms with van der Waals surface area (Å²) in [6, 6.07) is 12.1. The molecule has 4 aromatic rings. The molecule has 2 N–H and O–H groups in total. The summed E-state index contributed by atoms with van der Waals surface area (Å²) in [6.45, 7) is -1.44. The molecular formula is C22H15F5N4O. The van der Waals surface area contributed by atoms with Gasteiger partial charge < -0.3 is 10.6 Å². The van der Waals surface area contributed by atoms with E-state index in [-0.39, 0.29) is 5.56 Å². The van der Waals surface area contributed by atoms with Gasteiger partial charge in [-0.3, -0.25) is 4.40 Å². The van der Waals surface area contributed by atoms with Gasteiger partial charge in [0.15, 0.2) is 0 Å². The number of urea groups is 1. The van der Waals surface area contributed by atoms with Crippen molar-refractivity contribution in [2.75, 3.05) is 11.9 Å². The Hall–Kier alpha value is -3.95. The molecular weight excluding hydrogens is 431 g/mol. The average Bonchev–Trinajstić information content (AvgIpc) is 3.15. The van der Waals surface area contributed by atoms with Crippen LogP contribution in [-0.2, 0) is 0 Å². The maximum atomic E-state index is 14.1. The van der Waals surface area contributed by atoms with Gasteiger partial charge in [0.2, 0.25) is 0 Å². The molecule has 0 saturated heterocycles.